The van der Waals surface area contributed by atoms with Crippen molar-refractivity contribution in [2.75, 3.05) is 58.9 Å². The smallest absolute Gasteiger partial charge is 0.272 e. The first-order valence-electron chi connectivity index (χ1n) is 20.3. The van der Waals surface area contributed by atoms with Crippen molar-refractivity contribution in [3.63, 3.8) is 0 Å². The second-order valence-corrected chi connectivity index (χ2v) is 16.2. The minimum atomic E-state index is -0.606. The molecule has 1 aliphatic carbocycles. The van der Waals surface area contributed by atoms with Crippen LogP contribution in [-0.2, 0) is 25.5 Å². The molecule has 2 aromatic carbocycles. The number of fused-ring (bicyclic) bond motifs is 1. The van der Waals surface area contributed by atoms with E-state index in [4.69, 9.17) is 4.74 Å². The molecule has 1 atom stereocenters. The number of hydrogen-bond donors (Lipinski definition) is 2. The van der Waals surface area contributed by atoms with Crippen LogP contribution >= 0.6 is 0 Å². The van der Waals surface area contributed by atoms with Crippen LogP contribution in [0.15, 0.2) is 47.3 Å². The fourth-order valence-electron chi connectivity index (χ4n) is 9.02. The zero-order valence-electron chi connectivity index (χ0n) is 32.3. The third-order valence-corrected chi connectivity index (χ3v) is 12.4. The van der Waals surface area contributed by atoms with E-state index in [2.05, 4.69) is 27.3 Å². The molecule has 56 heavy (non-hydrogen) atoms. The summed E-state index contributed by atoms with van der Waals surface area (Å²) in [6.07, 6.45) is 9.55. The Hall–Kier alpha value is -4.69. The molecule has 0 spiro atoms. The number of aromatic nitrogens is 2. The number of nitrogens with one attached hydrogen (secondary N) is 2. The molecule has 7 rings (SSSR count). The van der Waals surface area contributed by atoms with Crippen LogP contribution in [0, 0.1) is 11.7 Å². The van der Waals surface area contributed by atoms with E-state index in [1.165, 1.54) is 12.5 Å². The van der Waals surface area contributed by atoms with Crippen LogP contribution in [0.2, 0.25) is 0 Å². The van der Waals surface area contributed by atoms with Crippen molar-refractivity contribution in [3.05, 3.63) is 75.5 Å². The van der Waals surface area contributed by atoms with Crippen LogP contribution in [0.3, 0.4) is 0 Å². The molecule has 1 unspecified atom stereocenters. The van der Waals surface area contributed by atoms with Crippen molar-refractivity contribution in [1.29, 1.82) is 0 Å². The summed E-state index contributed by atoms with van der Waals surface area (Å²) in [6, 6.07) is 11.2. The van der Waals surface area contributed by atoms with Gasteiger partial charge in [-0.05, 0) is 75.1 Å². The van der Waals surface area contributed by atoms with Gasteiger partial charge in [0, 0.05) is 64.2 Å². The number of piperidine rings is 2. The van der Waals surface area contributed by atoms with Gasteiger partial charge in [0.25, 0.3) is 11.5 Å². The lowest BCUT2D eigenvalue weighted by Gasteiger charge is -2.44. The van der Waals surface area contributed by atoms with Crippen LogP contribution in [0.1, 0.15) is 86.3 Å². The second kappa shape index (κ2) is 17.6. The lowest BCUT2D eigenvalue weighted by Crippen LogP contribution is -2.55. The lowest BCUT2D eigenvalue weighted by atomic mass is 9.83. The topological polar surface area (TPSA) is 148 Å². The van der Waals surface area contributed by atoms with E-state index in [1.54, 1.807) is 34.1 Å². The maximum Gasteiger partial charge on any atom is 0.272 e. The molecule has 3 aliphatic heterocycles. The molecule has 3 aromatic rings. The van der Waals surface area contributed by atoms with E-state index >= 15 is 4.39 Å². The lowest BCUT2D eigenvalue weighted by molar-refractivity contribution is -0.150. The number of H-pyrrole nitrogens is 1. The van der Waals surface area contributed by atoms with E-state index in [0.29, 0.717) is 80.7 Å². The molecule has 4 amide bonds. The number of carbonyl (C=O) groups is 4. The monoisotopic (exact) mass is 771 g/mol. The van der Waals surface area contributed by atoms with Gasteiger partial charge in [-0.2, -0.15) is 5.10 Å². The number of halogens is 1. The highest BCUT2D eigenvalue weighted by Gasteiger charge is 2.39. The third-order valence-electron chi connectivity index (χ3n) is 12.4. The fraction of sp³-hybridized carbons (Fsp3) is 0.571. The normalized spacial score (nSPS) is 20.5. The number of amides is 4. The quantitative estimate of drug-likeness (QED) is 0.282. The van der Waals surface area contributed by atoms with Gasteiger partial charge in [0.2, 0.25) is 18.2 Å². The number of rotatable bonds is 11. The summed E-state index contributed by atoms with van der Waals surface area (Å²) in [7, 11) is 0. The number of nitrogens with zero attached hydrogens (tertiary/aromatic N) is 5. The van der Waals surface area contributed by atoms with Crippen molar-refractivity contribution < 1.29 is 28.3 Å². The van der Waals surface area contributed by atoms with Gasteiger partial charge in [0.15, 0.2) is 0 Å². The Bertz CT molecular complexity index is 1940. The molecule has 2 N–H and O–H groups in total. The maximum absolute atomic E-state index is 15.0. The zero-order chi connectivity index (χ0) is 39.2. The molecule has 1 aromatic heterocycles. The zero-order valence-corrected chi connectivity index (χ0v) is 32.3. The fourth-order valence-corrected chi connectivity index (χ4v) is 9.02. The SMILES string of the molecule is CC1(OC2CCN(CC(=O)N3CCN(C(=O)c4cc(Cc5n[nH]c(=O)c6ccccc56)ccc4F)CC3)CC2)CCN(C(=O)C(NC=O)C2CCCCC2)CC1. The van der Waals surface area contributed by atoms with Crippen molar-refractivity contribution in [3.8, 4) is 0 Å². The van der Waals surface area contributed by atoms with Crippen molar-refractivity contribution in [1.82, 2.24) is 35.1 Å². The van der Waals surface area contributed by atoms with Gasteiger partial charge in [-0.25, -0.2) is 9.49 Å². The van der Waals surface area contributed by atoms with Gasteiger partial charge in [0.1, 0.15) is 11.9 Å². The highest BCUT2D eigenvalue weighted by molar-refractivity contribution is 5.95. The number of benzene rings is 2. The first kappa shape index (κ1) is 39.5. The Balaban J connectivity index is 0.842. The van der Waals surface area contributed by atoms with Crippen LogP contribution in [-0.4, -0.2) is 131 Å². The van der Waals surface area contributed by atoms with Gasteiger partial charge in [-0.15, -0.1) is 0 Å². The molecule has 300 valence electrons. The number of hydrogen-bond acceptors (Lipinski definition) is 8. The third kappa shape index (κ3) is 9.12. The minimum Gasteiger partial charge on any atom is -0.372 e. The van der Waals surface area contributed by atoms with Gasteiger partial charge >= 0.3 is 0 Å². The Kier molecular flexibility index (Phi) is 12.4. The summed E-state index contributed by atoms with van der Waals surface area (Å²) < 4.78 is 21.7. The highest BCUT2D eigenvalue weighted by atomic mass is 19.1. The van der Waals surface area contributed by atoms with Crippen LogP contribution in [0.4, 0.5) is 4.39 Å². The number of likely N-dealkylation sites (tertiary alicyclic amines) is 2. The van der Waals surface area contributed by atoms with Crippen LogP contribution in [0.25, 0.3) is 10.8 Å². The van der Waals surface area contributed by atoms with E-state index < -0.39 is 17.8 Å². The predicted molar refractivity (Wildman–Crippen MR) is 208 cm³/mol. The van der Waals surface area contributed by atoms with Crippen molar-refractivity contribution >= 4 is 34.9 Å². The Labute approximate surface area is 326 Å². The van der Waals surface area contributed by atoms with E-state index in [9.17, 15) is 24.0 Å². The predicted octanol–water partition coefficient (Wildman–Crippen LogP) is 3.49. The standard InChI is InChI=1S/C42H54FN7O6/c1-42(15-19-49(20-16-42)41(55)38(44-28-51)30-7-3-2-4-8-30)56-31-13-17-47(18-14-31)27-37(52)48-21-23-50(24-22-48)40(54)34-25-29(11-12-35(34)43)26-36-32-9-5-6-10-33(32)39(53)46-45-36/h5-6,9-12,25,28,30-31,38H,2-4,7-8,13-24,26-27H2,1H3,(H,44,51)(H,46,53). The summed E-state index contributed by atoms with van der Waals surface area (Å²) in [6.45, 7) is 6.53. The van der Waals surface area contributed by atoms with Crippen LogP contribution < -0.4 is 10.9 Å². The molecule has 0 radical (unpaired) electrons. The largest absolute Gasteiger partial charge is 0.372 e. The molecule has 4 fully saturated rings. The van der Waals surface area contributed by atoms with Crippen molar-refractivity contribution in [2.24, 2.45) is 5.92 Å². The summed E-state index contributed by atoms with van der Waals surface area (Å²) in [5, 5.41) is 10.8. The molecule has 1 saturated carbocycles. The summed E-state index contributed by atoms with van der Waals surface area (Å²) in [5.41, 5.74) is 0.692. The first-order chi connectivity index (χ1) is 27.1. The average Bonchev–Trinajstić information content (AvgIpc) is 3.22. The summed E-state index contributed by atoms with van der Waals surface area (Å²) in [4.78, 5) is 71.3. The Morgan fingerprint density at radius 3 is 2.29 bits per heavy atom. The number of aromatic amines is 1. The minimum absolute atomic E-state index is 0.0184. The molecule has 0 bridgehead atoms. The number of piperazine rings is 1. The molecule has 4 heterocycles. The first-order valence-corrected chi connectivity index (χ1v) is 20.3. The summed E-state index contributed by atoms with van der Waals surface area (Å²) >= 11 is 0. The number of ether oxygens (including phenoxy) is 1. The average molecular weight is 772 g/mol. The molecule has 14 heteroatoms. The van der Waals surface area contributed by atoms with E-state index in [1.807, 2.05) is 17.0 Å². The van der Waals surface area contributed by atoms with Gasteiger partial charge in [0.05, 0.1) is 34.9 Å². The van der Waals surface area contributed by atoms with Gasteiger partial charge < -0.3 is 24.8 Å². The second-order valence-electron chi connectivity index (χ2n) is 16.2. The molecule has 4 aliphatic rings. The van der Waals surface area contributed by atoms with E-state index in [0.717, 1.165) is 64.5 Å². The maximum atomic E-state index is 15.0. The Morgan fingerprint density at radius 1 is 0.911 bits per heavy atom. The Morgan fingerprint density at radius 2 is 1.59 bits per heavy atom. The molecular formula is C42H54FN7O6. The van der Waals surface area contributed by atoms with Crippen LogP contribution in [0.5, 0.6) is 0 Å². The number of carbonyl (C=O) groups excluding carboxylic acids is 4. The molecule has 13 nitrogen and oxygen atoms in total. The van der Waals surface area contributed by atoms with Crippen molar-refractivity contribution in [2.45, 2.75) is 88.9 Å². The van der Waals surface area contributed by atoms with Gasteiger partial charge in [-0.1, -0.05) is 43.5 Å². The molecular weight excluding hydrogens is 718 g/mol. The molecule has 3 saturated heterocycles. The van der Waals surface area contributed by atoms with E-state index in [-0.39, 0.29) is 40.6 Å². The summed E-state index contributed by atoms with van der Waals surface area (Å²) in [5.74, 6) is -0.764. The highest BCUT2D eigenvalue weighted by Crippen LogP contribution is 2.32. The van der Waals surface area contributed by atoms with Gasteiger partial charge in [-0.3, -0.25) is 28.9 Å².